The fourth-order valence-corrected chi connectivity index (χ4v) is 4.81. The van der Waals surface area contributed by atoms with Gasteiger partial charge in [-0.2, -0.15) is 0 Å². The first-order valence-corrected chi connectivity index (χ1v) is 13.8. The van der Waals surface area contributed by atoms with Crippen molar-refractivity contribution in [1.29, 1.82) is 0 Å². The Morgan fingerprint density at radius 3 is 2.24 bits per heavy atom. The maximum atomic E-state index is 14.3. The molecule has 0 aromatic heterocycles. The number of carbonyl (C=O) groups is 3. The molecule has 1 aliphatic carbocycles. The Balaban J connectivity index is 2.55. The van der Waals surface area contributed by atoms with Gasteiger partial charge in [0.2, 0.25) is 11.8 Å². The minimum Gasteiger partial charge on any atom is -0.444 e. The Morgan fingerprint density at radius 2 is 1.73 bits per heavy atom. The fraction of sp³-hybridized carbons (Fsp3) is 0.700. The van der Waals surface area contributed by atoms with Crippen LogP contribution in [-0.4, -0.2) is 46.5 Å². The predicted molar refractivity (Wildman–Crippen MR) is 148 cm³/mol. The summed E-state index contributed by atoms with van der Waals surface area (Å²) in [6.45, 7) is 19.6. The van der Waals surface area contributed by atoms with Gasteiger partial charge in [-0.25, -0.2) is 4.79 Å². The van der Waals surface area contributed by atoms with Gasteiger partial charge >= 0.3 is 6.09 Å². The van der Waals surface area contributed by atoms with Crippen molar-refractivity contribution in [1.82, 2.24) is 15.5 Å². The third-order valence-electron chi connectivity index (χ3n) is 6.95. The molecule has 2 N–H and O–H groups in total. The van der Waals surface area contributed by atoms with E-state index in [0.29, 0.717) is 6.42 Å². The van der Waals surface area contributed by atoms with E-state index in [4.69, 9.17) is 4.74 Å². The highest BCUT2D eigenvalue weighted by atomic mass is 16.6. The van der Waals surface area contributed by atoms with Gasteiger partial charge in [-0.1, -0.05) is 52.3 Å². The van der Waals surface area contributed by atoms with Gasteiger partial charge in [-0.15, -0.1) is 0 Å². The number of nitrogens with one attached hydrogen (secondary N) is 2. The van der Waals surface area contributed by atoms with Crippen molar-refractivity contribution in [3.05, 3.63) is 34.9 Å². The molecule has 2 rings (SSSR count). The highest BCUT2D eigenvalue weighted by Crippen LogP contribution is 2.42. The Bertz CT molecular complexity index is 953. The van der Waals surface area contributed by atoms with Gasteiger partial charge in [0.1, 0.15) is 17.7 Å². The van der Waals surface area contributed by atoms with Gasteiger partial charge < -0.3 is 20.3 Å². The van der Waals surface area contributed by atoms with Crippen LogP contribution in [0.15, 0.2) is 18.2 Å². The predicted octanol–water partition coefficient (Wildman–Crippen LogP) is 5.83. The highest BCUT2D eigenvalue weighted by molar-refractivity contribution is 5.93. The summed E-state index contributed by atoms with van der Waals surface area (Å²) in [6, 6.07) is 4.25. The zero-order valence-electron chi connectivity index (χ0n) is 24.6. The molecular formula is C30H49N3O4. The third-order valence-corrected chi connectivity index (χ3v) is 6.95. The van der Waals surface area contributed by atoms with E-state index in [-0.39, 0.29) is 35.7 Å². The highest BCUT2D eigenvalue weighted by Gasteiger charge is 2.48. The number of hydrogen-bond acceptors (Lipinski definition) is 4. The smallest absolute Gasteiger partial charge is 0.408 e. The van der Waals surface area contributed by atoms with Gasteiger partial charge in [-0.05, 0) is 89.3 Å². The molecular weight excluding hydrogens is 466 g/mol. The van der Waals surface area contributed by atoms with Crippen LogP contribution in [0.5, 0.6) is 0 Å². The number of ether oxygens (including phenoxy) is 1. The summed E-state index contributed by atoms with van der Waals surface area (Å²) in [6.07, 6.45) is 2.46. The van der Waals surface area contributed by atoms with E-state index in [9.17, 15) is 14.4 Å². The molecule has 7 nitrogen and oxygen atoms in total. The standard InChI is InChI=1S/C30H49N3O4/c1-11-13-21(6)31-27(34)26(23-15-12-14-19(4)22(23)7)33(25-17-20(25)5)28(35)24(16-18(2)3)32-29(36)37-30(8,9)10/h12,14-15,18,20-21,24-26H,11,13,16-17H2,1-10H3,(H,31,34)(H,32,36). The fourth-order valence-electron chi connectivity index (χ4n) is 4.81. The summed E-state index contributed by atoms with van der Waals surface area (Å²) in [5.41, 5.74) is 2.21. The number of nitrogens with zero attached hydrogens (tertiary/aromatic N) is 1. The number of benzene rings is 1. The first-order valence-electron chi connectivity index (χ1n) is 13.8. The van der Waals surface area contributed by atoms with Crippen LogP contribution in [0, 0.1) is 25.7 Å². The molecule has 1 aromatic carbocycles. The number of hydrogen-bond donors (Lipinski definition) is 2. The van der Waals surface area contributed by atoms with Gasteiger partial charge in [0.05, 0.1) is 0 Å². The molecule has 0 bridgehead atoms. The van der Waals surface area contributed by atoms with Crippen LogP contribution in [0.3, 0.4) is 0 Å². The topological polar surface area (TPSA) is 87.7 Å². The molecule has 3 amide bonds. The summed E-state index contributed by atoms with van der Waals surface area (Å²) in [7, 11) is 0. The second kappa shape index (κ2) is 12.8. The molecule has 1 fully saturated rings. The molecule has 5 atom stereocenters. The van der Waals surface area contributed by atoms with E-state index in [2.05, 4.69) is 24.5 Å². The average molecular weight is 516 g/mol. The summed E-state index contributed by atoms with van der Waals surface area (Å²) < 4.78 is 5.48. The van der Waals surface area contributed by atoms with Crippen LogP contribution in [0.4, 0.5) is 4.79 Å². The monoisotopic (exact) mass is 515 g/mol. The Kier molecular flexibility index (Phi) is 10.6. The zero-order chi connectivity index (χ0) is 28.1. The number of alkyl carbamates (subject to hydrolysis) is 1. The molecule has 37 heavy (non-hydrogen) atoms. The van der Waals surface area contributed by atoms with Crippen LogP contribution in [0.25, 0.3) is 0 Å². The van der Waals surface area contributed by atoms with Gasteiger partial charge in [0.15, 0.2) is 0 Å². The van der Waals surface area contributed by atoms with E-state index < -0.39 is 23.8 Å². The minimum atomic E-state index is -0.795. The molecule has 1 saturated carbocycles. The molecule has 0 heterocycles. The Morgan fingerprint density at radius 1 is 1.11 bits per heavy atom. The lowest BCUT2D eigenvalue weighted by molar-refractivity contribution is -0.144. The molecule has 7 heteroatoms. The average Bonchev–Trinajstić information content (AvgIpc) is 3.47. The van der Waals surface area contributed by atoms with E-state index in [1.807, 2.05) is 52.8 Å². The van der Waals surface area contributed by atoms with Crippen molar-refractivity contribution in [3.63, 3.8) is 0 Å². The van der Waals surface area contributed by atoms with Gasteiger partial charge in [-0.3, -0.25) is 9.59 Å². The second-order valence-electron chi connectivity index (χ2n) is 12.2. The number of carbonyl (C=O) groups excluding carboxylic acids is 3. The lowest BCUT2D eigenvalue weighted by atomic mass is 9.93. The maximum Gasteiger partial charge on any atom is 0.408 e. The van der Waals surface area contributed by atoms with Crippen LogP contribution in [-0.2, 0) is 14.3 Å². The lowest BCUT2D eigenvalue weighted by Gasteiger charge is -2.36. The van der Waals surface area contributed by atoms with E-state index in [1.54, 1.807) is 25.7 Å². The quantitative estimate of drug-likeness (QED) is 0.388. The molecule has 208 valence electrons. The van der Waals surface area contributed by atoms with Crippen molar-refractivity contribution in [2.45, 2.75) is 125 Å². The molecule has 1 aliphatic rings. The summed E-state index contributed by atoms with van der Waals surface area (Å²) in [4.78, 5) is 42.7. The van der Waals surface area contributed by atoms with Crippen molar-refractivity contribution in [2.75, 3.05) is 0 Å². The molecule has 1 aromatic rings. The van der Waals surface area contributed by atoms with Gasteiger partial charge in [0, 0.05) is 12.1 Å². The van der Waals surface area contributed by atoms with Gasteiger partial charge in [0.25, 0.3) is 0 Å². The zero-order valence-corrected chi connectivity index (χ0v) is 24.6. The number of amides is 3. The lowest BCUT2D eigenvalue weighted by Crippen LogP contribution is -2.55. The van der Waals surface area contributed by atoms with E-state index in [1.165, 1.54) is 0 Å². The molecule has 0 aliphatic heterocycles. The van der Waals surface area contributed by atoms with Crippen LogP contribution in [0.1, 0.15) is 104 Å². The molecule has 0 saturated heterocycles. The second-order valence-corrected chi connectivity index (χ2v) is 12.2. The largest absolute Gasteiger partial charge is 0.444 e. The van der Waals surface area contributed by atoms with E-state index >= 15 is 0 Å². The van der Waals surface area contributed by atoms with Crippen molar-refractivity contribution in [2.24, 2.45) is 11.8 Å². The Labute approximate surface area is 224 Å². The number of aryl methyl sites for hydroxylation is 1. The SMILES string of the molecule is CCCC(C)NC(=O)C(c1cccc(C)c1C)N(C(=O)C(CC(C)C)NC(=O)OC(C)(C)C)C1CC1C. The first kappa shape index (κ1) is 30.7. The van der Waals surface area contributed by atoms with E-state index in [0.717, 1.165) is 36.0 Å². The normalized spacial score (nSPS) is 19.5. The molecule has 0 radical (unpaired) electrons. The third kappa shape index (κ3) is 8.75. The van der Waals surface area contributed by atoms with Crippen LogP contribution < -0.4 is 10.6 Å². The van der Waals surface area contributed by atoms with Crippen LogP contribution >= 0.6 is 0 Å². The van der Waals surface area contributed by atoms with Crippen molar-refractivity contribution < 1.29 is 19.1 Å². The number of rotatable bonds is 11. The Hall–Kier alpha value is -2.57. The summed E-state index contributed by atoms with van der Waals surface area (Å²) >= 11 is 0. The van der Waals surface area contributed by atoms with Crippen LogP contribution in [0.2, 0.25) is 0 Å². The molecule has 5 unspecified atom stereocenters. The molecule has 0 spiro atoms. The first-order chi connectivity index (χ1) is 17.2. The van der Waals surface area contributed by atoms with Crippen molar-refractivity contribution >= 4 is 17.9 Å². The van der Waals surface area contributed by atoms with Crippen molar-refractivity contribution in [3.8, 4) is 0 Å². The summed E-state index contributed by atoms with van der Waals surface area (Å²) in [5.74, 6) is 0.0133. The minimum absolute atomic E-state index is 0.00922. The summed E-state index contributed by atoms with van der Waals surface area (Å²) in [5, 5.41) is 6.00. The maximum absolute atomic E-state index is 14.3.